The molecule has 0 radical (unpaired) electrons. The number of aromatic hydroxyl groups is 1. The number of phenols is 1. The van der Waals surface area contributed by atoms with Crippen LogP contribution in [0.3, 0.4) is 0 Å². The fraction of sp³-hybridized carbons (Fsp3) is 0. The van der Waals surface area contributed by atoms with Crippen LogP contribution >= 0.6 is 0 Å². The van der Waals surface area contributed by atoms with Crippen LogP contribution < -0.4 is 10.6 Å². The lowest BCUT2D eigenvalue weighted by molar-refractivity contribution is 0.255. The van der Waals surface area contributed by atoms with E-state index < -0.39 is 6.03 Å². The fourth-order valence-corrected chi connectivity index (χ4v) is 1.53. The maximum absolute atomic E-state index is 12.7. The number of rotatable bonds is 3. The first-order valence-electron chi connectivity index (χ1n) is 5.93. The Kier molecular flexibility index (Phi) is 4.34. The monoisotopic (exact) mass is 272 g/mol. The van der Waals surface area contributed by atoms with Crippen molar-refractivity contribution in [1.82, 2.24) is 5.32 Å². The Balaban J connectivity index is 1.89. The SMILES string of the molecule is O=C(N/C=C/c1ccc(F)cc1)Nc1ccccc1O. The lowest BCUT2D eigenvalue weighted by Crippen LogP contribution is -2.23. The summed E-state index contributed by atoms with van der Waals surface area (Å²) in [6, 6.07) is 11.8. The molecule has 0 aliphatic carbocycles. The number of halogens is 1. The summed E-state index contributed by atoms with van der Waals surface area (Å²) in [5.41, 5.74) is 1.08. The van der Waals surface area contributed by atoms with Gasteiger partial charge in [0.05, 0.1) is 5.69 Å². The van der Waals surface area contributed by atoms with Crippen LogP contribution in [0.1, 0.15) is 5.56 Å². The number of hydrogen-bond acceptors (Lipinski definition) is 2. The van der Waals surface area contributed by atoms with Gasteiger partial charge in [0.1, 0.15) is 11.6 Å². The van der Waals surface area contributed by atoms with E-state index in [4.69, 9.17) is 0 Å². The zero-order valence-corrected chi connectivity index (χ0v) is 10.5. The van der Waals surface area contributed by atoms with Gasteiger partial charge < -0.3 is 15.7 Å². The Hall–Kier alpha value is -2.82. The molecule has 2 amide bonds. The number of nitrogens with one attached hydrogen (secondary N) is 2. The molecule has 0 aromatic heterocycles. The highest BCUT2D eigenvalue weighted by molar-refractivity contribution is 5.91. The number of para-hydroxylation sites is 2. The van der Waals surface area contributed by atoms with E-state index in [0.29, 0.717) is 5.69 Å². The summed E-state index contributed by atoms with van der Waals surface area (Å²) in [5, 5.41) is 14.5. The molecule has 0 aliphatic heterocycles. The van der Waals surface area contributed by atoms with Crippen molar-refractivity contribution in [3.8, 4) is 5.75 Å². The molecule has 0 unspecified atom stereocenters. The molecule has 0 aliphatic rings. The predicted molar refractivity (Wildman–Crippen MR) is 75.7 cm³/mol. The Labute approximate surface area is 115 Å². The third-order valence-corrected chi connectivity index (χ3v) is 2.51. The van der Waals surface area contributed by atoms with Crippen molar-refractivity contribution in [2.75, 3.05) is 5.32 Å². The minimum atomic E-state index is -0.482. The largest absolute Gasteiger partial charge is 0.506 e. The van der Waals surface area contributed by atoms with Crippen molar-refractivity contribution < 1.29 is 14.3 Å². The lowest BCUT2D eigenvalue weighted by atomic mass is 10.2. The molecule has 0 saturated heterocycles. The zero-order chi connectivity index (χ0) is 14.4. The summed E-state index contributed by atoms with van der Waals surface area (Å²) in [5.74, 6) is -0.322. The van der Waals surface area contributed by atoms with E-state index in [1.165, 1.54) is 24.4 Å². The van der Waals surface area contributed by atoms with E-state index in [1.54, 1.807) is 36.4 Å². The van der Waals surface area contributed by atoms with Gasteiger partial charge in [0.2, 0.25) is 0 Å². The van der Waals surface area contributed by atoms with Crippen LogP contribution in [0.25, 0.3) is 6.08 Å². The molecule has 0 fully saturated rings. The highest BCUT2D eigenvalue weighted by atomic mass is 19.1. The number of phenolic OH excluding ortho intramolecular Hbond substituents is 1. The quantitative estimate of drug-likeness (QED) is 0.750. The molecule has 2 aromatic carbocycles. The molecule has 4 nitrogen and oxygen atoms in total. The van der Waals surface area contributed by atoms with E-state index in [0.717, 1.165) is 5.56 Å². The van der Waals surface area contributed by atoms with Gasteiger partial charge in [-0.2, -0.15) is 0 Å². The van der Waals surface area contributed by atoms with Gasteiger partial charge in [-0.15, -0.1) is 0 Å². The Morgan fingerprint density at radius 1 is 1.10 bits per heavy atom. The molecule has 0 spiro atoms. The van der Waals surface area contributed by atoms with Gasteiger partial charge in [-0.25, -0.2) is 9.18 Å². The normalized spacial score (nSPS) is 10.4. The maximum atomic E-state index is 12.7. The van der Waals surface area contributed by atoms with Gasteiger partial charge in [0.15, 0.2) is 0 Å². The molecule has 0 heterocycles. The summed E-state index contributed by atoms with van der Waals surface area (Å²) >= 11 is 0. The second kappa shape index (κ2) is 6.38. The lowest BCUT2D eigenvalue weighted by Gasteiger charge is -2.06. The van der Waals surface area contributed by atoms with Crippen molar-refractivity contribution in [2.45, 2.75) is 0 Å². The van der Waals surface area contributed by atoms with Crippen LogP contribution in [0.5, 0.6) is 5.75 Å². The smallest absolute Gasteiger partial charge is 0.323 e. The van der Waals surface area contributed by atoms with Crippen molar-refractivity contribution >= 4 is 17.8 Å². The molecule has 20 heavy (non-hydrogen) atoms. The van der Waals surface area contributed by atoms with Gasteiger partial charge in [-0.1, -0.05) is 24.3 Å². The van der Waals surface area contributed by atoms with Crippen molar-refractivity contribution in [3.63, 3.8) is 0 Å². The molecule has 2 aromatic rings. The number of amides is 2. The predicted octanol–water partition coefficient (Wildman–Crippen LogP) is 3.32. The summed E-state index contributed by atoms with van der Waals surface area (Å²) < 4.78 is 12.7. The number of hydrogen-bond donors (Lipinski definition) is 3. The first kappa shape index (κ1) is 13.6. The van der Waals surface area contributed by atoms with Crippen molar-refractivity contribution in [2.24, 2.45) is 0 Å². The third kappa shape index (κ3) is 3.84. The Morgan fingerprint density at radius 3 is 2.50 bits per heavy atom. The summed E-state index contributed by atoms with van der Waals surface area (Å²) in [6.45, 7) is 0. The first-order chi connectivity index (χ1) is 9.65. The summed E-state index contributed by atoms with van der Waals surface area (Å²) in [4.78, 5) is 11.6. The molecule has 5 heteroatoms. The fourth-order valence-electron chi connectivity index (χ4n) is 1.53. The average Bonchev–Trinajstić information content (AvgIpc) is 2.44. The molecule has 0 bridgehead atoms. The van der Waals surface area contributed by atoms with Crippen molar-refractivity contribution in [1.29, 1.82) is 0 Å². The number of urea groups is 1. The number of benzene rings is 2. The van der Waals surface area contributed by atoms with Crippen LogP contribution in [0.15, 0.2) is 54.7 Å². The molecule has 3 N–H and O–H groups in total. The van der Waals surface area contributed by atoms with Crippen LogP contribution in [0.4, 0.5) is 14.9 Å². The van der Waals surface area contributed by atoms with E-state index in [-0.39, 0.29) is 11.6 Å². The van der Waals surface area contributed by atoms with E-state index >= 15 is 0 Å². The molecule has 2 rings (SSSR count). The topological polar surface area (TPSA) is 61.4 Å². The molecule has 102 valence electrons. The molecule has 0 saturated carbocycles. The van der Waals surface area contributed by atoms with Gasteiger partial charge in [-0.05, 0) is 35.9 Å². The summed E-state index contributed by atoms with van der Waals surface area (Å²) in [7, 11) is 0. The van der Waals surface area contributed by atoms with E-state index in [1.807, 2.05) is 0 Å². The standard InChI is InChI=1S/C15H13FN2O2/c16-12-7-5-11(6-8-12)9-10-17-15(20)18-13-3-1-2-4-14(13)19/h1-10,19H,(H2,17,18,20)/b10-9+. The van der Waals surface area contributed by atoms with Crippen molar-refractivity contribution in [3.05, 3.63) is 66.1 Å². The second-order valence-electron chi connectivity index (χ2n) is 4.00. The van der Waals surface area contributed by atoms with E-state index in [9.17, 15) is 14.3 Å². The molecule has 0 atom stereocenters. The Bertz CT molecular complexity index is 624. The van der Waals surface area contributed by atoms with Gasteiger partial charge in [0.25, 0.3) is 0 Å². The van der Waals surface area contributed by atoms with Crippen LogP contribution in [0, 0.1) is 5.82 Å². The number of carbonyl (C=O) groups is 1. The van der Waals surface area contributed by atoms with Crippen LogP contribution in [-0.4, -0.2) is 11.1 Å². The maximum Gasteiger partial charge on any atom is 0.323 e. The van der Waals surface area contributed by atoms with Gasteiger partial charge in [0, 0.05) is 6.20 Å². The number of anilines is 1. The first-order valence-corrected chi connectivity index (χ1v) is 5.93. The van der Waals surface area contributed by atoms with E-state index in [2.05, 4.69) is 10.6 Å². The third-order valence-electron chi connectivity index (χ3n) is 2.51. The minimum Gasteiger partial charge on any atom is -0.506 e. The van der Waals surface area contributed by atoms with Crippen LogP contribution in [-0.2, 0) is 0 Å². The van der Waals surface area contributed by atoms with Crippen LogP contribution in [0.2, 0.25) is 0 Å². The van der Waals surface area contributed by atoms with Gasteiger partial charge >= 0.3 is 6.03 Å². The van der Waals surface area contributed by atoms with Gasteiger partial charge in [-0.3, -0.25) is 0 Å². The number of carbonyl (C=O) groups excluding carboxylic acids is 1. The average molecular weight is 272 g/mol. The summed E-state index contributed by atoms with van der Waals surface area (Å²) in [6.07, 6.45) is 3.06. The molecular weight excluding hydrogens is 259 g/mol. The minimum absolute atomic E-state index is 0.00911. The second-order valence-corrected chi connectivity index (χ2v) is 4.00. The molecular formula is C15H13FN2O2. The highest BCUT2D eigenvalue weighted by Crippen LogP contribution is 2.20. The Morgan fingerprint density at radius 2 is 1.80 bits per heavy atom. The zero-order valence-electron chi connectivity index (χ0n) is 10.5. The highest BCUT2D eigenvalue weighted by Gasteiger charge is 2.02.